The Bertz CT molecular complexity index is 777. The Kier molecular flexibility index (Phi) is 3.54. The average molecular weight is 302 g/mol. The number of carbonyl (C=O) groups is 1. The number of para-hydroxylation sites is 1. The van der Waals surface area contributed by atoms with Crippen molar-refractivity contribution in [1.82, 2.24) is 0 Å². The van der Waals surface area contributed by atoms with E-state index in [2.05, 4.69) is 5.32 Å². The van der Waals surface area contributed by atoms with Crippen molar-refractivity contribution < 1.29 is 13.9 Å². The minimum Gasteiger partial charge on any atom is -0.495 e. The quantitative estimate of drug-likeness (QED) is 0.782. The second-order valence-electron chi connectivity index (χ2n) is 4.45. The van der Waals surface area contributed by atoms with Gasteiger partial charge in [0.1, 0.15) is 11.3 Å². The first-order valence-corrected chi connectivity index (χ1v) is 6.68. The van der Waals surface area contributed by atoms with Gasteiger partial charge in [0.2, 0.25) is 0 Å². The maximum atomic E-state index is 12.2. The molecule has 0 fully saturated rings. The van der Waals surface area contributed by atoms with E-state index < -0.39 is 0 Å². The SMILES string of the molecule is COc1ccc(NC(=O)c2cc3ccccc3o2)cc1Cl. The summed E-state index contributed by atoms with van der Waals surface area (Å²) in [5.41, 5.74) is 1.25. The molecule has 0 aliphatic heterocycles. The number of methoxy groups -OCH3 is 1. The third-order valence-corrected chi connectivity index (χ3v) is 3.35. The second kappa shape index (κ2) is 5.50. The van der Waals surface area contributed by atoms with Crippen LogP contribution in [-0.2, 0) is 0 Å². The van der Waals surface area contributed by atoms with Gasteiger partial charge in [-0.25, -0.2) is 0 Å². The number of nitrogens with one attached hydrogen (secondary N) is 1. The molecule has 1 heterocycles. The molecule has 0 radical (unpaired) electrons. The van der Waals surface area contributed by atoms with Crippen LogP contribution in [0.4, 0.5) is 5.69 Å². The van der Waals surface area contributed by atoms with Crippen molar-refractivity contribution in [2.75, 3.05) is 12.4 Å². The zero-order valence-corrected chi connectivity index (χ0v) is 12.0. The third kappa shape index (κ3) is 2.71. The van der Waals surface area contributed by atoms with Crippen LogP contribution < -0.4 is 10.1 Å². The normalized spacial score (nSPS) is 10.6. The topological polar surface area (TPSA) is 51.5 Å². The lowest BCUT2D eigenvalue weighted by Crippen LogP contribution is -2.10. The Balaban J connectivity index is 1.84. The lowest BCUT2D eigenvalue weighted by Gasteiger charge is -2.06. The van der Waals surface area contributed by atoms with Crippen molar-refractivity contribution in [3.8, 4) is 5.75 Å². The fourth-order valence-electron chi connectivity index (χ4n) is 2.03. The van der Waals surface area contributed by atoms with Crippen molar-refractivity contribution in [2.24, 2.45) is 0 Å². The molecule has 1 aromatic heterocycles. The van der Waals surface area contributed by atoms with Gasteiger partial charge in [-0.1, -0.05) is 29.8 Å². The van der Waals surface area contributed by atoms with Crippen LogP contribution in [0.5, 0.6) is 5.75 Å². The van der Waals surface area contributed by atoms with Crippen molar-refractivity contribution >= 4 is 34.2 Å². The predicted molar refractivity (Wildman–Crippen MR) is 82.2 cm³/mol. The Labute approximate surface area is 126 Å². The summed E-state index contributed by atoms with van der Waals surface area (Å²) in [6, 6.07) is 14.2. The number of halogens is 1. The third-order valence-electron chi connectivity index (χ3n) is 3.06. The van der Waals surface area contributed by atoms with Crippen molar-refractivity contribution in [1.29, 1.82) is 0 Å². The largest absolute Gasteiger partial charge is 0.495 e. The summed E-state index contributed by atoms with van der Waals surface area (Å²) in [7, 11) is 1.54. The number of carbonyl (C=O) groups excluding carboxylic acids is 1. The fourth-order valence-corrected chi connectivity index (χ4v) is 2.29. The molecule has 0 spiro atoms. The molecule has 1 amide bonds. The van der Waals surface area contributed by atoms with Gasteiger partial charge in [0.15, 0.2) is 5.76 Å². The lowest BCUT2D eigenvalue weighted by molar-refractivity contribution is 0.0998. The molecule has 4 nitrogen and oxygen atoms in total. The average Bonchev–Trinajstić information content (AvgIpc) is 2.91. The monoisotopic (exact) mass is 301 g/mol. The first kappa shape index (κ1) is 13.5. The molecule has 1 N–H and O–H groups in total. The number of furan rings is 1. The number of ether oxygens (including phenoxy) is 1. The molecule has 0 saturated carbocycles. The molecule has 0 aliphatic rings. The van der Waals surface area contributed by atoms with Crippen molar-refractivity contribution in [3.63, 3.8) is 0 Å². The van der Waals surface area contributed by atoms with Gasteiger partial charge >= 0.3 is 0 Å². The zero-order chi connectivity index (χ0) is 14.8. The summed E-state index contributed by atoms with van der Waals surface area (Å²) in [6.07, 6.45) is 0. The highest BCUT2D eigenvalue weighted by Crippen LogP contribution is 2.27. The molecule has 0 aliphatic carbocycles. The molecule has 0 saturated heterocycles. The number of amides is 1. The Morgan fingerprint density at radius 2 is 2.00 bits per heavy atom. The van der Waals surface area contributed by atoms with Crippen LogP contribution in [0.15, 0.2) is 52.9 Å². The van der Waals surface area contributed by atoms with E-state index in [0.29, 0.717) is 22.0 Å². The molecule has 3 aromatic rings. The van der Waals surface area contributed by atoms with E-state index in [9.17, 15) is 4.79 Å². The molecule has 0 atom stereocenters. The van der Waals surface area contributed by atoms with Gasteiger partial charge < -0.3 is 14.5 Å². The van der Waals surface area contributed by atoms with Gasteiger partial charge in [0.05, 0.1) is 12.1 Å². The molecular formula is C16H12ClNO3. The van der Waals surface area contributed by atoms with E-state index in [1.54, 1.807) is 24.3 Å². The van der Waals surface area contributed by atoms with E-state index >= 15 is 0 Å². The van der Waals surface area contributed by atoms with E-state index in [0.717, 1.165) is 5.39 Å². The molecule has 106 valence electrons. The lowest BCUT2D eigenvalue weighted by atomic mass is 10.2. The van der Waals surface area contributed by atoms with E-state index in [-0.39, 0.29) is 11.7 Å². The van der Waals surface area contributed by atoms with Crippen LogP contribution in [0.1, 0.15) is 10.6 Å². The van der Waals surface area contributed by atoms with Crippen LogP contribution in [0.2, 0.25) is 5.02 Å². The minimum absolute atomic E-state index is 0.253. The summed E-state index contributed by atoms with van der Waals surface area (Å²) < 4.78 is 10.6. The Morgan fingerprint density at radius 1 is 1.19 bits per heavy atom. The maximum Gasteiger partial charge on any atom is 0.291 e. The number of anilines is 1. The molecule has 2 aromatic carbocycles. The fraction of sp³-hybridized carbons (Fsp3) is 0.0625. The number of fused-ring (bicyclic) bond motifs is 1. The van der Waals surface area contributed by atoms with Gasteiger partial charge in [0.25, 0.3) is 5.91 Å². The number of hydrogen-bond acceptors (Lipinski definition) is 3. The first-order valence-electron chi connectivity index (χ1n) is 6.31. The molecule has 5 heteroatoms. The number of benzene rings is 2. The van der Waals surface area contributed by atoms with Crippen molar-refractivity contribution in [2.45, 2.75) is 0 Å². The highest BCUT2D eigenvalue weighted by molar-refractivity contribution is 6.32. The molecule has 0 unspecified atom stereocenters. The minimum atomic E-state index is -0.326. The smallest absolute Gasteiger partial charge is 0.291 e. The first-order chi connectivity index (χ1) is 10.2. The highest BCUT2D eigenvalue weighted by Gasteiger charge is 2.13. The molecule has 21 heavy (non-hydrogen) atoms. The summed E-state index contributed by atoms with van der Waals surface area (Å²) in [5, 5.41) is 4.05. The summed E-state index contributed by atoms with van der Waals surface area (Å²) in [6.45, 7) is 0. The van der Waals surface area contributed by atoms with E-state index in [4.69, 9.17) is 20.8 Å². The van der Waals surface area contributed by atoms with Crippen LogP contribution in [-0.4, -0.2) is 13.0 Å². The van der Waals surface area contributed by atoms with Crippen LogP contribution in [0, 0.1) is 0 Å². The predicted octanol–water partition coefficient (Wildman–Crippen LogP) is 4.35. The van der Waals surface area contributed by atoms with Gasteiger partial charge in [-0.3, -0.25) is 4.79 Å². The van der Waals surface area contributed by atoms with Gasteiger partial charge in [-0.2, -0.15) is 0 Å². The van der Waals surface area contributed by atoms with Crippen LogP contribution >= 0.6 is 11.6 Å². The maximum absolute atomic E-state index is 12.2. The van der Waals surface area contributed by atoms with Gasteiger partial charge in [0, 0.05) is 11.1 Å². The van der Waals surface area contributed by atoms with Crippen molar-refractivity contribution in [3.05, 3.63) is 59.3 Å². The Morgan fingerprint density at radius 3 is 2.71 bits per heavy atom. The Hall–Kier alpha value is -2.46. The second-order valence-corrected chi connectivity index (χ2v) is 4.86. The summed E-state index contributed by atoms with van der Waals surface area (Å²) >= 11 is 6.02. The standard InChI is InChI=1S/C16H12ClNO3/c1-20-14-7-6-11(9-12(14)17)18-16(19)15-8-10-4-2-3-5-13(10)21-15/h2-9H,1H3,(H,18,19). The molecule has 3 rings (SSSR count). The summed E-state index contributed by atoms with van der Waals surface area (Å²) in [4.78, 5) is 12.2. The molecule has 0 bridgehead atoms. The van der Waals surface area contributed by atoms with Crippen LogP contribution in [0.3, 0.4) is 0 Å². The number of rotatable bonds is 3. The van der Waals surface area contributed by atoms with Gasteiger partial charge in [-0.15, -0.1) is 0 Å². The molecular weight excluding hydrogens is 290 g/mol. The highest BCUT2D eigenvalue weighted by atomic mass is 35.5. The zero-order valence-electron chi connectivity index (χ0n) is 11.2. The van der Waals surface area contributed by atoms with Crippen LogP contribution in [0.25, 0.3) is 11.0 Å². The van der Waals surface area contributed by atoms with Gasteiger partial charge in [-0.05, 0) is 30.3 Å². The van der Waals surface area contributed by atoms with E-state index in [1.165, 1.54) is 7.11 Å². The van der Waals surface area contributed by atoms with E-state index in [1.807, 2.05) is 24.3 Å². The number of hydrogen-bond donors (Lipinski definition) is 1. The summed E-state index contributed by atoms with van der Waals surface area (Å²) in [5.74, 6) is 0.481.